The number of amides is 3. The van der Waals surface area contributed by atoms with Crippen LogP contribution in [-0.2, 0) is 24.0 Å². The van der Waals surface area contributed by atoms with Gasteiger partial charge in [0.05, 0.1) is 12.5 Å². The van der Waals surface area contributed by atoms with E-state index in [0.717, 1.165) is 0 Å². The van der Waals surface area contributed by atoms with E-state index in [1.54, 1.807) is 13.8 Å². The fourth-order valence-corrected chi connectivity index (χ4v) is 2.87. The lowest BCUT2D eigenvalue weighted by molar-refractivity contribution is -0.143. The number of thioether (sulfide) groups is 1. The smallest absolute Gasteiger partial charge is 0.326 e. The van der Waals surface area contributed by atoms with Gasteiger partial charge in [0, 0.05) is 0 Å². The van der Waals surface area contributed by atoms with E-state index in [4.69, 9.17) is 10.8 Å². The summed E-state index contributed by atoms with van der Waals surface area (Å²) in [6, 6.07) is -4.63. The van der Waals surface area contributed by atoms with Crippen LogP contribution < -0.4 is 21.7 Å². The number of nitrogens with one attached hydrogen (secondary N) is 3. The van der Waals surface area contributed by atoms with E-state index >= 15 is 0 Å². The third-order valence-corrected chi connectivity index (χ3v) is 5.09. The molecule has 7 N–H and O–H groups in total. The summed E-state index contributed by atoms with van der Waals surface area (Å²) < 4.78 is 0. The molecule has 0 heterocycles. The second-order valence-electron chi connectivity index (χ2n) is 7.00. The summed E-state index contributed by atoms with van der Waals surface area (Å²) >= 11 is 1.43. The van der Waals surface area contributed by atoms with Gasteiger partial charge >= 0.3 is 11.9 Å². The van der Waals surface area contributed by atoms with Crippen LogP contribution in [0.4, 0.5) is 0 Å². The minimum atomic E-state index is -1.44. The van der Waals surface area contributed by atoms with Crippen LogP contribution in [0.15, 0.2) is 0 Å². The maximum Gasteiger partial charge on any atom is 0.326 e. The zero-order valence-electron chi connectivity index (χ0n) is 17.6. The van der Waals surface area contributed by atoms with E-state index in [0.29, 0.717) is 12.2 Å². The van der Waals surface area contributed by atoms with Crippen LogP contribution in [-0.4, -0.2) is 76.0 Å². The van der Waals surface area contributed by atoms with Gasteiger partial charge in [-0.2, -0.15) is 11.8 Å². The number of carbonyl (C=O) groups is 5. The lowest BCUT2D eigenvalue weighted by atomic mass is 9.97. The average Bonchev–Trinajstić information content (AvgIpc) is 2.66. The molecule has 12 heteroatoms. The zero-order valence-corrected chi connectivity index (χ0v) is 18.5. The largest absolute Gasteiger partial charge is 0.481 e. The Hall–Kier alpha value is -2.34. The van der Waals surface area contributed by atoms with Gasteiger partial charge in [0.15, 0.2) is 0 Å². The Morgan fingerprint density at radius 1 is 0.933 bits per heavy atom. The van der Waals surface area contributed by atoms with Crippen molar-refractivity contribution in [2.45, 2.75) is 64.2 Å². The van der Waals surface area contributed by atoms with E-state index in [-0.39, 0.29) is 12.3 Å². The first-order valence-electron chi connectivity index (χ1n) is 9.54. The molecule has 0 aromatic rings. The Balaban J connectivity index is 5.46. The molecule has 11 nitrogen and oxygen atoms in total. The van der Waals surface area contributed by atoms with Crippen molar-refractivity contribution in [1.82, 2.24) is 16.0 Å². The van der Waals surface area contributed by atoms with Gasteiger partial charge in [-0.15, -0.1) is 0 Å². The second kappa shape index (κ2) is 13.8. The fraction of sp³-hybridized carbons (Fsp3) is 0.722. The number of carbonyl (C=O) groups excluding carboxylic acids is 3. The number of carboxylic acids is 2. The van der Waals surface area contributed by atoms with Gasteiger partial charge in [-0.3, -0.25) is 19.2 Å². The topological polar surface area (TPSA) is 188 Å². The highest BCUT2D eigenvalue weighted by Gasteiger charge is 2.33. The first kappa shape index (κ1) is 27.7. The molecule has 3 amide bonds. The summed E-state index contributed by atoms with van der Waals surface area (Å²) in [7, 11) is 0. The molecule has 172 valence electrons. The van der Waals surface area contributed by atoms with Crippen molar-refractivity contribution in [2.24, 2.45) is 11.7 Å². The lowest BCUT2D eigenvalue weighted by Crippen LogP contribution is -2.58. The predicted molar refractivity (Wildman–Crippen MR) is 112 cm³/mol. The number of nitrogens with two attached hydrogens (primary N) is 1. The minimum Gasteiger partial charge on any atom is -0.481 e. The fourth-order valence-electron chi connectivity index (χ4n) is 2.40. The summed E-state index contributed by atoms with van der Waals surface area (Å²) in [6.07, 6.45) is 1.79. The highest BCUT2D eigenvalue weighted by molar-refractivity contribution is 7.98. The Morgan fingerprint density at radius 2 is 1.50 bits per heavy atom. The minimum absolute atomic E-state index is 0.204. The summed E-state index contributed by atoms with van der Waals surface area (Å²) in [5, 5.41) is 25.5. The van der Waals surface area contributed by atoms with E-state index in [2.05, 4.69) is 16.0 Å². The molecule has 0 aliphatic rings. The molecule has 0 rings (SSSR count). The molecule has 0 saturated carbocycles. The summed E-state index contributed by atoms with van der Waals surface area (Å²) in [5.74, 6) is -4.67. The van der Waals surface area contributed by atoms with Gasteiger partial charge in [-0.05, 0) is 31.3 Å². The molecule has 5 unspecified atom stereocenters. The molecule has 0 radical (unpaired) electrons. The van der Waals surface area contributed by atoms with Crippen LogP contribution in [0.5, 0.6) is 0 Å². The maximum atomic E-state index is 12.7. The molecule has 0 fully saturated rings. The SMILES string of the molecule is CCC(C)C(NC(=O)C(CC(=O)O)NC(=O)C(C)N)C(=O)NC(CCSC)C(=O)O. The van der Waals surface area contributed by atoms with Gasteiger partial charge in [0.2, 0.25) is 17.7 Å². The first-order chi connectivity index (χ1) is 13.9. The van der Waals surface area contributed by atoms with Crippen LogP contribution in [0.25, 0.3) is 0 Å². The molecule has 30 heavy (non-hydrogen) atoms. The Labute approximate surface area is 179 Å². The molecular formula is C18H32N4O7S. The van der Waals surface area contributed by atoms with E-state index in [9.17, 15) is 29.1 Å². The number of aliphatic carboxylic acids is 2. The quantitative estimate of drug-likeness (QED) is 0.197. The third-order valence-electron chi connectivity index (χ3n) is 4.44. The molecule has 0 bridgehead atoms. The molecule has 0 aliphatic heterocycles. The van der Waals surface area contributed by atoms with E-state index < -0.39 is 60.2 Å². The van der Waals surface area contributed by atoms with Crippen molar-refractivity contribution in [3.05, 3.63) is 0 Å². The number of rotatable bonds is 14. The zero-order chi connectivity index (χ0) is 23.4. The predicted octanol–water partition coefficient (Wildman–Crippen LogP) is -0.853. The summed E-state index contributed by atoms with van der Waals surface area (Å²) in [6.45, 7) is 4.85. The highest BCUT2D eigenvalue weighted by atomic mass is 32.2. The summed E-state index contributed by atoms with van der Waals surface area (Å²) in [5.41, 5.74) is 5.44. The standard InChI is InChI=1S/C18H32N4O7S/c1-5-9(2)14(17(27)20-11(18(28)29)6-7-30-4)22-16(26)12(8-13(23)24)21-15(25)10(3)19/h9-12,14H,5-8,19H2,1-4H3,(H,20,27)(H,21,25)(H,22,26)(H,23,24)(H,28,29). The molecule has 0 aromatic heterocycles. The van der Waals surface area contributed by atoms with Crippen molar-refractivity contribution in [1.29, 1.82) is 0 Å². The van der Waals surface area contributed by atoms with Crippen LogP contribution in [0, 0.1) is 5.92 Å². The van der Waals surface area contributed by atoms with Crippen LogP contribution >= 0.6 is 11.8 Å². The average molecular weight is 449 g/mol. The Bertz CT molecular complexity index is 630. The molecule has 0 spiro atoms. The number of hydrogen-bond donors (Lipinski definition) is 6. The van der Waals surface area contributed by atoms with Gasteiger partial charge in [0.25, 0.3) is 0 Å². The first-order valence-corrected chi connectivity index (χ1v) is 10.9. The van der Waals surface area contributed by atoms with Gasteiger partial charge in [-0.1, -0.05) is 20.3 Å². The maximum absolute atomic E-state index is 12.7. The van der Waals surface area contributed by atoms with E-state index in [1.807, 2.05) is 6.26 Å². The molecule has 0 saturated heterocycles. The number of hydrogen-bond acceptors (Lipinski definition) is 7. The van der Waals surface area contributed by atoms with Crippen molar-refractivity contribution in [3.8, 4) is 0 Å². The molecule has 0 aromatic carbocycles. The third kappa shape index (κ3) is 9.92. The van der Waals surface area contributed by atoms with Crippen molar-refractivity contribution in [2.75, 3.05) is 12.0 Å². The molecule has 5 atom stereocenters. The summed E-state index contributed by atoms with van der Waals surface area (Å²) in [4.78, 5) is 59.7. The van der Waals surface area contributed by atoms with Crippen molar-refractivity contribution in [3.63, 3.8) is 0 Å². The highest BCUT2D eigenvalue weighted by Crippen LogP contribution is 2.10. The van der Waals surface area contributed by atoms with Crippen LogP contribution in [0.3, 0.4) is 0 Å². The lowest BCUT2D eigenvalue weighted by Gasteiger charge is -2.27. The van der Waals surface area contributed by atoms with Crippen molar-refractivity contribution >= 4 is 41.4 Å². The van der Waals surface area contributed by atoms with Crippen LogP contribution in [0.2, 0.25) is 0 Å². The van der Waals surface area contributed by atoms with Crippen LogP contribution in [0.1, 0.15) is 40.0 Å². The van der Waals surface area contributed by atoms with E-state index in [1.165, 1.54) is 18.7 Å². The second-order valence-corrected chi connectivity index (χ2v) is 7.99. The van der Waals surface area contributed by atoms with Gasteiger partial charge < -0.3 is 31.9 Å². The Kier molecular flexibility index (Phi) is 12.7. The van der Waals surface area contributed by atoms with Gasteiger partial charge in [0.1, 0.15) is 18.1 Å². The monoisotopic (exact) mass is 448 g/mol. The normalized spacial score (nSPS) is 15.8. The van der Waals surface area contributed by atoms with Gasteiger partial charge in [-0.25, -0.2) is 4.79 Å². The van der Waals surface area contributed by atoms with Crippen molar-refractivity contribution < 1.29 is 34.2 Å². The number of carboxylic acid groups (broad SMARTS) is 2. The molecule has 0 aliphatic carbocycles. The molecular weight excluding hydrogens is 416 g/mol. The Morgan fingerprint density at radius 3 is 1.93 bits per heavy atom.